The zero-order valence-electron chi connectivity index (χ0n) is 12.0. The molecular formula is C14H22N2O5. The number of likely N-dealkylation sites (tertiary alicyclic amines) is 1. The maximum absolute atomic E-state index is 12.1. The van der Waals surface area contributed by atoms with Crippen LogP contribution in [0.2, 0.25) is 0 Å². The number of carbonyl (C=O) groups is 3. The highest BCUT2D eigenvalue weighted by molar-refractivity contribution is 5.91. The van der Waals surface area contributed by atoms with Crippen LogP contribution in [0.4, 0.5) is 0 Å². The lowest BCUT2D eigenvalue weighted by Crippen LogP contribution is -2.45. The second-order valence-electron chi connectivity index (χ2n) is 5.80. The maximum Gasteiger partial charge on any atom is 0.326 e. The molecule has 0 radical (unpaired) electrons. The van der Waals surface area contributed by atoms with Crippen LogP contribution >= 0.6 is 0 Å². The van der Waals surface area contributed by atoms with E-state index in [1.54, 1.807) is 4.90 Å². The van der Waals surface area contributed by atoms with Crippen LogP contribution in [0.1, 0.15) is 38.5 Å². The van der Waals surface area contributed by atoms with Crippen molar-refractivity contribution in [1.82, 2.24) is 10.2 Å². The first-order valence-electron chi connectivity index (χ1n) is 7.46. The fraction of sp³-hybridized carbons (Fsp3) is 0.786. The molecule has 1 aliphatic carbocycles. The van der Waals surface area contributed by atoms with Gasteiger partial charge in [0.05, 0.1) is 5.92 Å². The van der Waals surface area contributed by atoms with Gasteiger partial charge >= 0.3 is 5.97 Å². The maximum atomic E-state index is 12.1. The predicted octanol–water partition coefficient (Wildman–Crippen LogP) is -0.271. The molecule has 2 fully saturated rings. The van der Waals surface area contributed by atoms with Crippen LogP contribution in [-0.4, -0.2) is 58.1 Å². The first-order chi connectivity index (χ1) is 10.0. The molecule has 0 aromatic heterocycles. The van der Waals surface area contributed by atoms with E-state index in [0.717, 1.165) is 25.7 Å². The third-order valence-corrected chi connectivity index (χ3v) is 4.33. The molecule has 1 saturated heterocycles. The van der Waals surface area contributed by atoms with Gasteiger partial charge in [0.2, 0.25) is 11.8 Å². The van der Waals surface area contributed by atoms with Gasteiger partial charge in [-0.15, -0.1) is 0 Å². The van der Waals surface area contributed by atoms with Crippen molar-refractivity contribution in [2.75, 3.05) is 13.2 Å². The fourth-order valence-corrected chi connectivity index (χ4v) is 3.15. The summed E-state index contributed by atoms with van der Waals surface area (Å²) in [7, 11) is 0. The molecule has 1 unspecified atom stereocenters. The summed E-state index contributed by atoms with van der Waals surface area (Å²) in [5.74, 6) is -2.09. The summed E-state index contributed by atoms with van der Waals surface area (Å²) in [4.78, 5) is 36.9. The molecule has 118 valence electrons. The number of amides is 2. The number of aliphatic carboxylic acids is 1. The molecular weight excluding hydrogens is 276 g/mol. The van der Waals surface area contributed by atoms with Crippen molar-refractivity contribution in [2.45, 2.75) is 50.6 Å². The van der Waals surface area contributed by atoms with Crippen LogP contribution < -0.4 is 5.32 Å². The molecule has 0 aromatic rings. The van der Waals surface area contributed by atoms with E-state index in [1.807, 2.05) is 0 Å². The molecule has 2 aliphatic rings. The summed E-state index contributed by atoms with van der Waals surface area (Å²) in [6.07, 6.45) is 4.32. The van der Waals surface area contributed by atoms with E-state index in [4.69, 9.17) is 10.2 Å². The van der Waals surface area contributed by atoms with Gasteiger partial charge in [-0.1, -0.05) is 12.8 Å². The Bertz CT molecular complexity index is 420. The molecule has 21 heavy (non-hydrogen) atoms. The molecule has 2 rings (SSSR count). The van der Waals surface area contributed by atoms with Gasteiger partial charge in [0.1, 0.15) is 6.04 Å². The fourth-order valence-electron chi connectivity index (χ4n) is 3.15. The predicted molar refractivity (Wildman–Crippen MR) is 73.3 cm³/mol. The number of nitrogens with one attached hydrogen (secondary N) is 1. The van der Waals surface area contributed by atoms with E-state index in [-0.39, 0.29) is 31.4 Å². The van der Waals surface area contributed by atoms with E-state index in [9.17, 15) is 14.4 Å². The number of hydrogen-bond donors (Lipinski definition) is 3. The summed E-state index contributed by atoms with van der Waals surface area (Å²) < 4.78 is 0. The number of aliphatic hydroxyl groups is 1. The zero-order chi connectivity index (χ0) is 15.4. The van der Waals surface area contributed by atoms with E-state index >= 15 is 0 Å². The van der Waals surface area contributed by atoms with Crippen LogP contribution in [0.25, 0.3) is 0 Å². The van der Waals surface area contributed by atoms with Crippen LogP contribution in [0.3, 0.4) is 0 Å². The minimum Gasteiger partial charge on any atom is -0.480 e. The van der Waals surface area contributed by atoms with Gasteiger partial charge in [-0.05, 0) is 12.8 Å². The van der Waals surface area contributed by atoms with Crippen molar-refractivity contribution in [2.24, 2.45) is 5.92 Å². The summed E-state index contributed by atoms with van der Waals surface area (Å²) in [5, 5.41) is 20.2. The molecule has 0 aromatic carbocycles. The lowest BCUT2D eigenvalue weighted by atomic mass is 10.1. The van der Waals surface area contributed by atoms with E-state index < -0.39 is 23.8 Å². The molecule has 1 saturated carbocycles. The summed E-state index contributed by atoms with van der Waals surface area (Å²) in [6.45, 7) is 0.0653. The first kappa shape index (κ1) is 15.8. The van der Waals surface area contributed by atoms with E-state index in [0.29, 0.717) is 6.54 Å². The van der Waals surface area contributed by atoms with Gasteiger partial charge in [0.15, 0.2) is 0 Å². The van der Waals surface area contributed by atoms with Crippen molar-refractivity contribution in [3.05, 3.63) is 0 Å². The van der Waals surface area contributed by atoms with Crippen LogP contribution in [0.5, 0.6) is 0 Å². The minimum atomic E-state index is -1.17. The topological polar surface area (TPSA) is 107 Å². The Morgan fingerprint density at radius 3 is 2.57 bits per heavy atom. The third-order valence-electron chi connectivity index (χ3n) is 4.33. The second kappa shape index (κ2) is 6.89. The molecule has 1 heterocycles. The number of rotatable bonds is 6. The van der Waals surface area contributed by atoms with Gasteiger partial charge in [-0.2, -0.15) is 0 Å². The number of carboxylic acid groups (broad SMARTS) is 1. The Balaban J connectivity index is 1.91. The minimum absolute atomic E-state index is 0.0175. The number of aliphatic hydroxyl groups excluding tert-OH is 1. The second-order valence-corrected chi connectivity index (χ2v) is 5.80. The summed E-state index contributed by atoms with van der Waals surface area (Å²) >= 11 is 0. The Morgan fingerprint density at radius 1 is 1.33 bits per heavy atom. The quantitative estimate of drug-likeness (QED) is 0.626. The molecule has 0 bridgehead atoms. The van der Waals surface area contributed by atoms with Crippen LogP contribution in [0.15, 0.2) is 0 Å². The molecule has 7 nitrogen and oxygen atoms in total. The van der Waals surface area contributed by atoms with Gasteiger partial charge in [-0.25, -0.2) is 4.79 Å². The zero-order valence-corrected chi connectivity index (χ0v) is 12.0. The smallest absolute Gasteiger partial charge is 0.326 e. The van der Waals surface area contributed by atoms with Crippen LogP contribution in [-0.2, 0) is 14.4 Å². The van der Waals surface area contributed by atoms with E-state index in [1.165, 1.54) is 0 Å². The standard InChI is InChI=1S/C14H22N2O5/c17-6-5-11(14(20)21)15-13(19)9-7-12(18)16(8-9)10-3-1-2-4-10/h9-11,17H,1-8H2,(H,15,19)(H,20,21)/t9?,11-/m0/s1. The van der Waals surface area contributed by atoms with Crippen molar-refractivity contribution in [3.8, 4) is 0 Å². The Labute approximate surface area is 123 Å². The summed E-state index contributed by atoms with van der Waals surface area (Å²) in [5.41, 5.74) is 0. The highest BCUT2D eigenvalue weighted by atomic mass is 16.4. The Morgan fingerprint density at radius 2 is 2.00 bits per heavy atom. The Hall–Kier alpha value is -1.63. The van der Waals surface area contributed by atoms with Crippen molar-refractivity contribution in [3.63, 3.8) is 0 Å². The Kier molecular flexibility index (Phi) is 5.17. The van der Waals surface area contributed by atoms with Crippen molar-refractivity contribution >= 4 is 17.8 Å². The van der Waals surface area contributed by atoms with Gasteiger partial charge < -0.3 is 20.4 Å². The normalized spacial score (nSPS) is 24.3. The largest absolute Gasteiger partial charge is 0.480 e. The molecule has 7 heteroatoms. The average molecular weight is 298 g/mol. The van der Waals surface area contributed by atoms with Gasteiger partial charge in [-0.3, -0.25) is 9.59 Å². The number of carbonyl (C=O) groups excluding carboxylic acids is 2. The molecule has 3 N–H and O–H groups in total. The lowest BCUT2D eigenvalue weighted by molar-refractivity contribution is -0.142. The summed E-state index contributed by atoms with van der Waals surface area (Å²) in [6, 6.07) is -0.860. The molecule has 1 aliphatic heterocycles. The monoisotopic (exact) mass is 298 g/mol. The average Bonchev–Trinajstić information content (AvgIpc) is 3.06. The number of nitrogens with zero attached hydrogens (tertiary/aromatic N) is 1. The van der Waals surface area contributed by atoms with Gasteiger partial charge in [0, 0.05) is 32.0 Å². The molecule has 0 spiro atoms. The van der Waals surface area contributed by atoms with Crippen molar-refractivity contribution in [1.29, 1.82) is 0 Å². The molecule has 2 amide bonds. The SMILES string of the molecule is O=C(N[C@@H](CCO)C(=O)O)C1CC(=O)N(C2CCCC2)C1. The third kappa shape index (κ3) is 3.72. The molecule has 2 atom stereocenters. The number of hydrogen-bond acceptors (Lipinski definition) is 4. The first-order valence-corrected chi connectivity index (χ1v) is 7.46. The van der Waals surface area contributed by atoms with Gasteiger partial charge in [0.25, 0.3) is 0 Å². The highest BCUT2D eigenvalue weighted by Crippen LogP contribution is 2.29. The van der Waals surface area contributed by atoms with Crippen LogP contribution in [0, 0.1) is 5.92 Å². The lowest BCUT2D eigenvalue weighted by Gasteiger charge is -2.24. The highest BCUT2D eigenvalue weighted by Gasteiger charge is 2.39. The number of carboxylic acids is 1. The van der Waals surface area contributed by atoms with Crippen molar-refractivity contribution < 1.29 is 24.6 Å². The van der Waals surface area contributed by atoms with E-state index in [2.05, 4.69) is 5.32 Å².